The van der Waals surface area contributed by atoms with Gasteiger partial charge in [0.15, 0.2) is 0 Å². The minimum atomic E-state index is -0.543. The van der Waals surface area contributed by atoms with Crippen molar-refractivity contribution in [3.8, 4) is 11.8 Å². The lowest BCUT2D eigenvalue weighted by Gasteiger charge is -2.14. The second kappa shape index (κ2) is 12.1. The van der Waals surface area contributed by atoms with Gasteiger partial charge in [-0.25, -0.2) is 14.6 Å². The molecule has 4 amide bonds. The minimum absolute atomic E-state index is 0.288. The van der Waals surface area contributed by atoms with Gasteiger partial charge in [-0.15, -0.1) is 0 Å². The molecule has 2 aromatic carbocycles. The van der Waals surface area contributed by atoms with Crippen LogP contribution in [0.25, 0.3) is 0 Å². The van der Waals surface area contributed by atoms with Crippen LogP contribution in [-0.4, -0.2) is 30.2 Å². The molecule has 174 valence electrons. The lowest BCUT2D eigenvalue weighted by molar-refractivity contribution is 0.250. The van der Waals surface area contributed by atoms with E-state index in [1.807, 2.05) is 37.3 Å². The molecule has 34 heavy (non-hydrogen) atoms. The van der Waals surface area contributed by atoms with Gasteiger partial charge in [-0.2, -0.15) is 5.26 Å². The van der Waals surface area contributed by atoms with Gasteiger partial charge in [0.05, 0.1) is 17.9 Å². The van der Waals surface area contributed by atoms with E-state index < -0.39 is 6.03 Å². The Bertz CT molecular complexity index is 1190. The third kappa shape index (κ3) is 7.69. The molecule has 0 aliphatic rings. The maximum Gasteiger partial charge on any atom is 0.324 e. The molecule has 0 unspecified atom stereocenters. The molecule has 0 bridgehead atoms. The molecule has 0 radical (unpaired) electrons. The number of halogens is 1. The number of pyridine rings is 1. The Balaban J connectivity index is 1.46. The standard InChI is InChI=1S/C24H23ClN6O3/c1-16-4-2-5-19(12-16)29-23(32)27-10-3-11-34-21-8-7-18(25)13-20(21)30-24(33)31-22-9-6-17(14-26)15-28-22/h2,4-9,12-13,15H,3,10-11H2,1H3,(H2,27,29,32)(H2,28,30,31,33). The van der Waals surface area contributed by atoms with Crippen LogP contribution < -0.4 is 26.0 Å². The molecule has 1 heterocycles. The fraction of sp³-hybridized carbons (Fsp3) is 0.167. The number of amides is 4. The lowest BCUT2D eigenvalue weighted by atomic mass is 10.2. The Labute approximate surface area is 202 Å². The van der Waals surface area contributed by atoms with Crippen LogP contribution in [0.3, 0.4) is 0 Å². The fourth-order valence-corrected chi connectivity index (χ4v) is 3.06. The molecule has 0 spiro atoms. The van der Waals surface area contributed by atoms with Gasteiger partial charge in [0.25, 0.3) is 0 Å². The number of carbonyl (C=O) groups is 2. The summed E-state index contributed by atoms with van der Waals surface area (Å²) in [6, 6.07) is 16.6. The summed E-state index contributed by atoms with van der Waals surface area (Å²) in [5, 5.41) is 20.0. The van der Waals surface area contributed by atoms with Crippen molar-refractivity contribution in [2.24, 2.45) is 0 Å². The molecule has 0 aliphatic heterocycles. The summed E-state index contributed by atoms with van der Waals surface area (Å²) in [7, 11) is 0. The topological polar surface area (TPSA) is 128 Å². The maximum atomic E-state index is 12.3. The average Bonchev–Trinajstić information content (AvgIpc) is 2.80. The predicted octanol–water partition coefficient (Wildman–Crippen LogP) is 5.15. The summed E-state index contributed by atoms with van der Waals surface area (Å²) in [6.45, 7) is 2.66. The van der Waals surface area contributed by atoms with Crippen LogP contribution in [0, 0.1) is 18.3 Å². The summed E-state index contributed by atoms with van der Waals surface area (Å²) in [5.41, 5.74) is 2.54. The number of aromatic nitrogens is 1. The molecule has 0 saturated heterocycles. The van der Waals surface area contributed by atoms with Gasteiger partial charge >= 0.3 is 12.1 Å². The van der Waals surface area contributed by atoms with E-state index in [1.165, 1.54) is 12.3 Å². The molecule has 3 aromatic rings. The zero-order valence-corrected chi connectivity index (χ0v) is 19.1. The quantitative estimate of drug-likeness (QED) is 0.333. The van der Waals surface area contributed by atoms with Gasteiger partial charge < -0.3 is 20.7 Å². The Morgan fingerprint density at radius 1 is 1.06 bits per heavy atom. The third-order valence-corrected chi connectivity index (χ3v) is 4.70. The number of nitrogens with one attached hydrogen (secondary N) is 4. The minimum Gasteiger partial charge on any atom is -0.491 e. The highest BCUT2D eigenvalue weighted by Gasteiger charge is 2.10. The molecule has 4 N–H and O–H groups in total. The van der Waals surface area contributed by atoms with Crippen molar-refractivity contribution >= 4 is 40.9 Å². The van der Waals surface area contributed by atoms with Gasteiger partial charge in [0.1, 0.15) is 17.6 Å². The second-order valence-electron chi connectivity index (χ2n) is 7.22. The first kappa shape index (κ1) is 24.4. The number of urea groups is 2. The van der Waals surface area contributed by atoms with Crippen LogP contribution in [0.1, 0.15) is 17.5 Å². The number of anilines is 3. The third-order valence-electron chi connectivity index (χ3n) is 4.46. The molecule has 10 heteroatoms. The lowest BCUT2D eigenvalue weighted by Crippen LogP contribution is -2.30. The first-order chi connectivity index (χ1) is 16.4. The van der Waals surface area contributed by atoms with Gasteiger partial charge in [-0.3, -0.25) is 5.32 Å². The summed E-state index contributed by atoms with van der Waals surface area (Å²) in [6.07, 6.45) is 1.91. The first-order valence-corrected chi connectivity index (χ1v) is 10.8. The Morgan fingerprint density at radius 2 is 1.91 bits per heavy atom. The number of nitriles is 1. The van der Waals surface area contributed by atoms with E-state index in [9.17, 15) is 9.59 Å². The molecule has 0 atom stereocenters. The van der Waals surface area contributed by atoms with E-state index in [0.717, 1.165) is 11.3 Å². The van der Waals surface area contributed by atoms with Crippen molar-refractivity contribution in [3.05, 3.63) is 76.9 Å². The molecule has 0 fully saturated rings. The van der Waals surface area contributed by atoms with Crippen molar-refractivity contribution in [3.63, 3.8) is 0 Å². The highest BCUT2D eigenvalue weighted by Crippen LogP contribution is 2.28. The van der Waals surface area contributed by atoms with Gasteiger partial charge in [-0.1, -0.05) is 23.7 Å². The van der Waals surface area contributed by atoms with E-state index in [1.54, 1.807) is 24.3 Å². The maximum absolute atomic E-state index is 12.3. The summed E-state index contributed by atoms with van der Waals surface area (Å²) in [5.74, 6) is 0.715. The predicted molar refractivity (Wildman–Crippen MR) is 131 cm³/mol. The molecule has 9 nitrogen and oxygen atoms in total. The zero-order valence-electron chi connectivity index (χ0n) is 18.4. The van der Waals surface area contributed by atoms with E-state index >= 15 is 0 Å². The van der Waals surface area contributed by atoms with E-state index in [-0.39, 0.29) is 11.8 Å². The van der Waals surface area contributed by atoms with Crippen molar-refractivity contribution in [1.82, 2.24) is 10.3 Å². The van der Waals surface area contributed by atoms with Crippen LogP contribution >= 0.6 is 11.6 Å². The molecular formula is C24H23ClN6O3. The number of benzene rings is 2. The van der Waals surface area contributed by atoms with E-state index in [0.29, 0.717) is 41.6 Å². The Kier molecular flexibility index (Phi) is 8.66. The number of aryl methyl sites for hydroxylation is 1. The van der Waals surface area contributed by atoms with Crippen molar-refractivity contribution in [2.75, 3.05) is 29.1 Å². The Morgan fingerprint density at radius 3 is 2.65 bits per heavy atom. The smallest absolute Gasteiger partial charge is 0.324 e. The number of nitrogens with zero attached hydrogens (tertiary/aromatic N) is 2. The van der Waals surface area contributed by atoms with E-state index in [2.05, 4.69) is 26.3 Å². The molecule has 0 saturated carbocycles. The summed E-state index contributed by atoms with van der Waals surface area (Å²) < 4.78 is 5.76. The normalized spacial score (nSPS) is 10.0. The summed E-state index contributed by atoms with van der Waals surface area (Å²) in [4.78, 5) is 28.3. The van der Waals surface area contributed by atoms with Crippen LogP contribution in [0.4, 0.5) is 26.8 Å². The second-order valence-corrected chi connectivity index (χ2v) is 7.65. The highest BCUT2D eigenvalue weighted by molar-refractivity contribution is 6.31. The van der Waals surface area contributed by atoms with Crippen molar-refractivity contribution < 1.29 is 14.3 Å². The van der Waals surface area contributed by atoms with E-state index in [4.69, 9.17) is 21.6 Å². The Hall–Kier alpha value is -4.29. The molecular weight excluding hydrogens is 456 g/mol. The van der Waals surface area contributed by atoms with Crippen molar-refractivity contribution in [2.45, 2.75) is 13.3 Å². The van der Waals surface area contributed by atoms with Crippen molar-refractivity contribution in [1.29, 1.82) is 5.26 Å². The number of hydrogen-bond donors (Lipinski definition) is 4. The van der Waals surface area contributed by atoms with Gasteiger partial charge in [-0.05, 0) is 61.4 Å². The van der Waals surface area contributed by atoms with Gasteiger partial charge in [0, 0.05) is 23.5 Å². The number of rotatable bonds is 8. The zero-order chi connectivity index (χ0) is 24.3. The average molecular weight is 479 g/mol. The number of hydrogen-bond acceptors (Lipinski definition) is 5. The monoisotopic (exact) mass is 478 g/mol. The fourth-order valence-electron chi connectivity index (χ4n) is 2.88. The summed E-state index contributed by atoms with van der Waals surface area (Å²) >= 11 is 6.06. The molecule has 0 aliphatic carbocycles. The van der Waals surface area contributed by atoms with Gasteiger partial charge in [0.2, 0.25) is 0 Å². The van der Waals surface area contributed by atoms with Crippen LogP contribution in [0.2, 0.25) is 5.02 Å². The van der Waals surface area contributed by atoms with Crippen LogP contribution in [0.5, 0.6) is 5.75 Å². The number of carbonyl (C=O) groups excluding carboxylic acids is 2. The largest absolute Gasteiger partial charge is 0.491 e. The highest BCUT2D eigenvalue weighted by atomic mass is 35.5. The first-order valence-electron chi connectivity index (χ1n) is 10.4. The van der Waals surface area contributed by atoms with Crippen LogP contribution in [0.15, 0.2) is 60.8 Å². The molecule has 3 rings (SSSR count). The number of ether oxygens (including phenoxy) is 1. The van der Waals surface area contributed by atoms with Crippen LogP contribution in [-0.2, 0) is 0 Å². The SMILES string of the molecule is Cc1cccc(NC(=O)NCCCOc2ccc(Cl)cc2NC(=O)Nc2ccc(C#N)cn2)c1. The molecule has 1 aromatic heterocycles.